The number of likely N-dealkylation sites (tertiary alicyclic amines) is 1. The highest BCUT2D eigenvalue weighted by atomic mass is 16.5. The van der Waals surface area contributed by atoms with E-state index in [1.807, 2.05) is 36.1 Å². The normalized spacial score (nSPS) is 15.6. The van der Waals surface area contributed by atoms with Crippen molar-refractivity contribution in [1.29, 1.82) is 0 Å². The van der Waals surface area contributed by atoms with Gasteiger partial charge in [0, 0.05) is 36.5 Å². The first kappa shape index (κ1) is 16.4. The van der Waals surface area contributed by atoms with E-state index in [0.29, 0.717) is 37.7 Å². The van der Waals surface area contributed by atoms with Crippen molar-refractivity contribution < 1.29 is 14.3 Å². The third-order valence-corrected chi connectivity index (χ3v) is 4.53. The molecule has 128 valence electrons. The lowest BCUT2D eigenvalue weighted by molar-refractivity contribution is -0.119. The summed E-state index contributed by atoms with van der Waals surface area (Å²) in [4.78, 5) is 28.7. The number of nitrogens with zero attached hydrogens (tertiary/aromatic N) is 1. The fourth-order valence-corrected chi connectivity index (χ4v) is 3.27. The molecule has 0 bridgehead atoms. The van der Waals surface area contributed by atoms with Crippen molar-refractivity contribution in [2.45, 2.75) is 26.2 Å². The Morgan fingerprint density at radius 1 is 1.29 bits per heavy atom. The molecule has 2 amide bonds. The smallest absolute Gasteiger partial charge is 0.270 e. The van der Waals surface area contributed by atoms with Crippen LogP contribution in [0.2, 0.25) is 0 Å². The van der Waals surface area contributed by atoms with Gasteiger partial charge < -0.3 is 20.4 Å². The minimum absolute atomic E-state index is 0.00156. The quantitative estimate of drug-likeness (QED) is 0.882. The zero-order chi connectivity index (χ0) is 17.1. The van der Waals surface area contributed by atoms with Crippen molar-refractivity contribution in [3.63, 3.8) is 0 Å². The first-order valence-electron chi connectivity index (χ1n) is 8.40. The van der Waals surface area contributed by atoms with Gasteiger partial charge in [-0.2, -0.15) is 0 Å². The highest BCUT2D eigenvalue weighted by Gasteiger charge is 2.25. The number of benzene rings is 1. The third kappa shape index (κ3) is 3.53. The van der Waals surface area contributed by atoms with Gasteiger partial charge in [-0.1, -0.05) is 0 Å². The number of hydrogen-bond acceptors (Lipinski definition) is 3. The van der Waals surface area contributed by atoms with E-state index in [1.165, 1.54) is 0 Å². The Balaban J connectivity index is 1.69. The molecular weight excluding hydrogens is 306 g/mol. The monoisotopic (exact) mass is 329 g/mol. The molecule has 0 spiro atoms. The molecule has 1 aliphatic heterocycles. The Morgan fingerprint density at radius 2 is 2.04 bits per heavy atom. The molecule has 6 heteroatoms. The van der Waals surface area contributed by atoms with Crippen LogP contribution < -0.4 is 10.5 Å². The van der Waals surface area contributed by atoms with Crippen molar-refractivity contribution in [2.75, 3.05) is 19.7 Å². The number of ether oxygens (including phenoxy) is 1. The number of aromatic nitrogens is 1. The van der Waals surface area contributed by atoms with E-state index in [2.05, 4.69) is 4.98 Å². The van der Waals surface area contributed by atoms with E-state index >= 15 is 0 Å². The van der Waals surface area contributed by atoms with Gasteiger partial charge >= 0.3 is 0 Å². The Bertz CT molecular complexity index is 745. The maximum atomic E-state index is 12.7. The number of carbonyl (C=O) groups excluding carboxylic acids is 2. The van der Waals surface area contributed by atoms with E-state index in [4.69, 9.17) is 10.5 Å². The molecule has 3 N–H and O–H groups in total. The van der Waals surface area contributed by atoms with Crippen molar-refractivity contribution >= 4 is 22.7 Å². The Kier molecular flexibility index (Phi) is 4.74. The summed E-state index contributed by atoms with van der Waals surface area (Å²) in [5, 5.41) is 0.991. The number of carbonyl (C=O) groups is 2. The van der Waals surface area contributed by atoms with E-state index in [0.717, 1.165) is 29.5 Å². The summed E-state index contributed by atoms with van der Waals surface area (Å²) in [5.74, 6) is 0.823. The summed E-state index contributed by atoms with van der Waals surface area (Å²) in [6, 6.07) is 7.65. The molecule has 3 rings (SSSR count). The van der Waals surface area contributed by atoms with E-state index in [9.17, 15) is 9.59 Å². The van der Waals surface area contributed by atoms with Gasteiger partial charge in [0.2, 0.25) is 5.91 Å². The maximum Gasteiger partial charge on any atom is 0.270 e. The molecular formula is C18H23N3O3. The van der Waals surface area contributed by atoms with Crippen LogP contribution in [-0.2, 0) is 4.79 Å². The van der Waals surface area contributed by atoms with Gasteiger partial charge in [0.05, 0.1) is 6.61 Å². The van der Waals surface area contributed by atoms with Crippen LogP contribution in [0.3, 0.4) is 0 Å². The van der Waals surface area contributed by atoms with Gasteiger partial charge in [-0.3, -0.25) is 9.59 Å². The first-order valence-corrected chi connectivity index (χ1v) is 8.40. The molecule has 24 heavy (non-hydrogen) atoms. The van der Waals surface area contributed by atoms with Gasteiger partial charge in [0.15, 0.2) is 0 Å². The van der Waals surface area contributed by atoms with Crippen molar-refractivity contribution in [3.05, 3.63) is 30.0 Å². The number of hydrogen-bond donors (Lipinski definition) is 2. The van der Waals surface area contributed by atoms with Crippen molar-refractivity contribution in [2.24, 2.45) is 11.7 Å². The van der Waals surface area contributed by atoms with Crippen molar-refractivity contribution in [1.82, 2.24) is 9.88 Å². The lowest BCUT2D eigenvalue weighted by atomic mass is 9.93. The number of rotatable bonds is 5. The molecule has 0 atom stereocenters. The summed E-state index contributed by atoms with van der Waals surface area (Å²) < 4.78 is 5.49. The number of nitrogens with two attached hydrogens (primary N) is 1. The molecule has 1 fully saturated rings. The molecule has 0 radical (unpaired) electrons. The van der Waals surface area contributed by atoms with Gasteiger partial charge in [0.25, 0.3) is 5.91 Å². The standard InChI is InChI=1S/C18H23N3O3/c1-2-24-14-4-3-13-10-16(20-15(13)11-14)18(23)21-7-5-12(6-8-21)9-17(19)22/h3-4,10-12,20H,2,5-9H2,1H3,(H2,19,22). The number of H-pyrrole nitrogens is 1. The minimum atomic E-state index is -0.263. The number of fused-ring (bicyclic) bond motifs is 1. The second-order valence-corrected chi connectivity index (χ2v) is 6.27. The molecule has 1 aromatic carbocycles. The molecule has 0 saturated carbocycles. The summed E-state index contributed by atoms with van der Waals surface area (Å²) in [7, 11) is 0. The number of primary amides is 1. The molecule has 1 saturated heterocycles. The number of piperidine rings is 1. The lowest BCUT2D eigenvalue weighted by Crippen LogP contribution is -2.39. The zero-order valence-electron chi connectivity index (χ0n) is 13.9. The molecule has 2 heterocycles. The van der Waals surface area contributed by atoms with Gasteiger partial charge in [-0.25, -0.2) is 0 Å². The average molecular weight is 329 g/mol. The van der Waals surface area contributed by atoms with Crippen LogP contribution in [0.25, 0.3) is 10.9 Å². The van der Waals surface area contributed by atoms with Crippen LogP contribution in [-0.4, -0.2) is 41.4 Å². The Morgan fingerprint density at radius 3 is 2.71 bits per heavy atom. The Labute approximate surface area is 141 Å². The van der Waals surface area contributed by atoms with Crippen LogP contribution in [0.5, 0.6) is 5.75 Å². The highest BCUT2D eigenvalue weighted by Crippen LogP contribution is 2.24. The fraction of sp³-hybridized carbons (Fsp3) is 0.444. The third-order valence-electron chi connectivity index (χ3n) is 4.53. The second-order valence-electron chi connectivity index (χ2n) is 6.27. The van der Waals surface area contributed by atoms with Gasteiger partial charge in [-0.15, -0.1) is 0 Å². The van der Waals surface area contributed by atoms with Crippen LogP contribution in [0.15, 0.2) is 24.3 Å². The average Bonchev–Trinajstić information content (AvgIpc) is 2.98. The van der Waals surface area contributed by atoms with E-state index in [1.54, 1.807) is 0 Å². The highest BCUT2D eigenvalue weighted by molar-refractivity contribution is 5.98. The van der Waals surface area contributed by atoms with Crippen LogP contribution in [0.4, 0.5) is 0 Å². The lowest BCUT2D eigenvalue weighted by Gasteiger charge is -2.31. The predicted octanol–water partition coefficient (Wildman–Crippen LogP) is 2.29. The molecule has 2 aromatic rings. The van der Waals surface area contributed by atoms with Gasteiger partial charge in [0.1, 0.15) is 11.4 Å². The number of nitrogens with one attached hydrogen (secondary N) is 1. The van der Waals surface area contributed by atoms with E-state index < -0.39 is 0 Å². The summed E-state index contributed by atoms with van der Waals surface area (Å²) in [5.41, 5.74) is 6.74. The minimum Gasteiger partial charge on any atom is -0.494 e. The topological polar surface area (TPSA) is 88.4 Å². The summed E-state index contributed by atoms with van der Waals surface area (Å²) in [6.45, 7) is 3.88. The SMILES string of the molecule is CCOc1ccc2cc(C(=O)N3CCC(CC(N)=O)CC3)[nH]c2c1. The molecule has 6 nitrogen and oxygen atoms in total. The maximum absolute atomic E-state index is 12.7. The zero-order valence-corrected chi connectivity index (χ0v) is 13.9. The van der Waals surface area contributed by atoms with Crippen LogP contribution in [0, 0.1) is 5.92 Å². The largest absolute Gasteiger partial charge is 0.494 e. The Hall–Kier alpha value is -2.50. The van der Waals surface area contributed by atoms with Crippen LogP contribution >= 0.6 is 0 Å². The second kappa shape index (κ2) is 6.95. The molecule has 1 aromatic heterocycles. The molecule has 0 unspecified atom stereocenters. The molecule has 1 aliphatic rings. The molecule has 0 aliphatic carbocycles. The number of aromatic amines is 1. The van der Waals surface area contributed by atoms with Crippen LogP contribution in [0.1, 0.15) is 36.7 Å². The van der Waals surface area contributed by atoms with Crippen molar-refractivity contribution in [3.8, 4) is 5.75 Å². The predicted molar refractivity (Wildman–Crippen MR) is 91.9 cm³/mol. The number of amides is 2. The van der Waals surface area contributed by atoms with Gasteiger partial charge in [-0.05, 0) is 43.9 Å². The summed E-state index contributed by atoms with van der Waals surface area (Å²) in [6.07, 6.45) is 2.06. The van der Waals surface area contributed by atoms with E-state index in [-0.39, 0.29) is 11.8 Å². The summed E-state index contributed by atoms with van der Waals surface area (Å²) >= 11 is 0. The fourth-order valence-electron chi connectivity index (χ4n) is 3.27. The first-order chi connectivity index (χ1) is 11.6.